The molecule has 0 N–H and O–H groups in total. The highest BCUT2D eigenvalue weighted by Gasteiger charge is 2.14. The van der Waals surface area contributed by atoms with E-state index in [1.807, 2.05) is 6.08 Å². The van der Waals surface area contributed by atoms with Crippen LogP contribution in [0.1, 0.15) is 53.4 Å². The molecule has 0 amide bonds. The molecule has 0 aromatic carbocycles. The molecule has 1 nitrogen and oxygen atoms in total. The minimum Gasteiger partial charge on any atom is -0.376 e. The van der Waals surface area contributed by atoms with Gasteiger partial charge in [-0.1, -0.05) is 19.4 Å². The first-order chi connectivity index (χ1) is 6.49. The van der Waals surface area contributed by atoms with Crippen molar-refractivity contribution >= 4 is 0 Å². The standard InChI is InChI=1S/C13H26O/c1-6-8-10-12(9-7-2)11-14-13(3,4)5/h6,12H,1,7-11H2,2-5H3. The lowest BCUT2D eigenvalue weighted by molar-refractivity contribution is -0.0247. The Kier molecular flexibility index (Phi) is 6.90. The average molecular weight is 198 g/mol. The smallest absolute Gasteiger partial charge is 0.0598 e. The van der Waals surface area contributed by atoms with Crippen LogP contribution in [0, 0.1) is 5.92 Å². The van der Waals surface area contributed by atoms with Gasteiger partial charge in [-0.05, 0) is 46.0 Å². The van der Waals surface area contributed by atoms with Crippen LogP contribution in [-0.4, -0.2) is 12.2 Å². The normalized spacial score (nSPS) is 14.0. The maximum absolute atomic E-state index is 5.81. The Hall–Kier alpha value is -0.300. The van der Waals surface area contributed by atoms with Crippen molar-refractivity contribution in [2.45, 2.75) is 59.0 Å². The van der Waals surface area contributed by atoms with Crippen LogP contribution >= 0.6 is 0 Å². The van der Waals surface area contributed by atoms with E-state index in [9.17, 15) is 0 Å². The van der Waals surface area contributed by atoms with Gasteiger partial charge in [0.15, 0.2) is 0 Å². The third kappa shape index (κ3) is 8.31. The quantitative estimate of drug-likeness (QED) is 0.557. The minimum absolute atomic E-state index is 0.000169. The molecule has 0 aromatic heterocycles. The van der Waals surface area contributed by atoms with Crippen molar-refractivity contribution in [3.05, 3.63) is 12.7 Å². The zero-order chi connectivity index (χ0) is 11.0. The van der Waals surface area contributed by atoms with Crippen molar-refractivity contribution in [1.82, 2.24) is 0 Å². The summed E-state index contributed by atoms with van der Waals surface area (Å²) in [5.74, 6) is 0.706. The topological polar surface area (TPSA) is 9.23 Å². The van der Waals surface area contributed by atoms with Gasteiger partial charge >= 0.3 is 0 Å². The molecular formula is C13H26O. The highest BCUT2D eigenvalue weighted by atomic mass is 16.5. The van der Waals surface area contributed by atoms with E-state index in [1.165, 1.54) is 19.3 Å². The van der Waals surface area contributed by atoms with E-state index >= 15 is 0 Å². The number of hydrogen-bond acceptors (Lipinski definition) is 1. The number of hydrogen-bond donors (Lipinski definition) is 0. The molecule has 1 unspecified atom stereocenters. The van der Waals surface area contributed by atoms with Gasteiger partial charge in [0, 0.05) is 0 Å². The van der Waals surface area contributed by atoms with Gasteiger partial charge in [-0.25, -0.2) is 0 Å². The van der Waals surface area contributed by atoms with Gasteiger partial charge in [0.2, 0.25) is 0 Å². The van der Waals surface area contributed by atoms with E-state index < -0.39 is 0 Å². The summed E-state index contributed by atoms with van der Waals surface area (Å²) in [5.41, 5.74) is 0.000169. The van der Waals surface area contributed by atoms with Crippen molar-refractivity contribution in [1.29, 1.82) is 0 Å². The highest BCUT2D eigenvalue weighted by Crippen LogP contribution is 2.17. The second-order valence-corrected chi connectivity index (χ2v) is 4.94. The minimum atomic E-state index is 0.000169. The highest BCUT2D eigenvalue weighted by molar-refractivity contribution is 4.70. The van der Waals surface area contributed by atoms with Crippen LogP contribution < -0.4 is 0 Å². The predicted octanol–water partition coefficient (Wildman–Crippen LogP) is 4.18. The summed E-state index contributed by atoms with van der Waals surface area (Å²) in [4.78, 5) is 0. The first-order valence-electron chi connectivity index (χ1n) is 5.74. The first-order valence-corrected chi connectivity index (χ1v) is 5.74. The van der Waals surface area contributed by atoms with Gasteiger partial charge in [0.05, 0.1) is 12.2 Å². The molecule has 0 radical (unpaired) electrons. The van der Waals surface area contributed by atoms with Gasteiger partial charge in [-0.15, -0.1) is 6.58 Å². The number of ether oxygens (including phenoxy) is 1. The van der Waals surface area contributed by atoms with E-state index in [-0.39, 0.29) is 5.60 Å². The van der Waals surface area contributed by atoms with E-state index in [1.54, 1.807) is 0 Å². The molecule has 0 aliphatic heterocycles. The monoisotopic (exact) mass is 198 g/mol. The Labute approximate surface area is 89.5 Å². The van der Waals surface area contributed by atoms with Gasteiger partial charge in [-0.2, -0.15) is 0 Å². The molecule has 1 atom stereocenters. The summed E-state index contributed by atoms with van der Waals surface area (Å²) in [5, 5.41) is 0. The Bertz CT molecular complexity index is 144. The molecule has 0 spiro atoms. The molecule has 0 aliphatic rings. The van der Waals surface area contributed by atoms with Crippen molar-refractivity contribution in [3.63, 3.8) is 0 Å². The largest absolute Gasteiger partial charge is 0.376 e. The van der Waals surface area contributed by atoms with Crippen LogP contribution in [0.4, 0.5) is 0 Å². The molecule has 0 saturated heterocycles. The Morgan fingerprint density at radius 3 is 2.36 bits per heavy atom. The molecule has 1 heteroatoms. The maximum atomic E-state index is 5.81. The Balaban J connectivity index is 3.77. The molecule has 0 fully saturated rings. The van der Waals surface area contributed by atoms with Crippen LogP contribution in [0.25, 0.3) is 0 Å². The lowest BCUT2D eigenvalue weighted by Gasteiger charge is -2.24. The summed E-state index contributed by atoms with van der Waals surface area (Å²) in [6.07, 6.45) is 6.84. The molecule has 0 rings (SSSR count). The van der Waals surface area contributed by atoms with Crippen molar-refractivity contribution in [2.75, 3.05) is 6.61 Å². The molecule has 0 aliphatic carbocycles. The van der Waals surface area contributed by atoms with E-state index in [4.69, 9.17) is 4.74 Å². The van der Waals surface area contributed by atoms with Gasteiger partial charge in [0.1, 0.15) is 0 Å². The van der Waals surface area contributed by atoms with E-state index in [0.29, 0.717) is 5.92 Å². The second-order valence-electron chi connectivity index (χ2n) is 4.94. The molecule has 84 valence electrons. The fourth-order valence-corrected chi connectivity index (χ4v) is 1.44. The zero-order valence-electron chi connectivity index (χ0n) is 10.3. The van der Waals surface area contributed by atoms with Crippen LogP contribution in [0.15, 0.2) is 12.7 Å². The molecule has 0 saturated carbocycles. The SMILES string of the molecule is C=CCCC(CCC)COC(C)(C)C. The Morgan fingerprint density at radius 1 is 1.29 bits per heavy atom. The van der Waals surface area contributed by atoms with E-state index in [2.05, 4.69) is 34.3 Å². The number of rotatable bonds is 7. The van der Waals surface area contributed by atoms with E-state index in [0.717, 1.165) is 13.0 Å². The lowest BCUT2D eigenvalue weighted by atomic mass is 9.98. The average Bonchev–Trinajstić information content (AvgIpc) is 2.08. The molecule has 0 aromatic rings. The Morgan fingerprint density at radius 2 is 1.93 bits per heavy atom. The molecular weight excluding hydrogens is 172 g/mol. The van der Waals surface area contributed by atoms with Crippen LogP contribution in [0.2, 0.25) is 0 Å². The van der Waals surface area contributed by atoms with Crippen LogP contribution in [0.5, 0.6) is 0 Å². The van der Waals surface area contributed by atoms with Crippen LogP contribution in [0.3, 0.4) is 0 Å². The fraction of sp³-hybridized carbons (Fsp3) is 0.846. The summed E-state index contributed by atoms with van der Waals surface area (Å²) in [6.45, 7) is 13.2. The van der Waals surface area contributed by atoms with Gasteiger partial charge in [-0.3, -0.25) is 0 Å². The molecule has 0 bridgehead atoms. The summed E-state index contributed by atoms with van der Waals surface area (Å²) in [7, 11) is 0. The van der Waals surface area contributed by atoms with Gasteiger partial charge in [0.25, 0.3) is 0 Å². The molecule has 0 heterocycles. The lowest BCUT2D eigenvalue weighted by Crippen LogP contribution is -2.23. The third-order valence-electron chi connectivity index (χ3n) is 2.23. The summed E-state index contributed by atoms with van der Waals surface area (Å²) >= 11 is 0. The predicted molar refractivity (Wildman–Crippen MR) is 63.5 cm³/mol. The third-order valence-corrected chi connectivity index (χ3v) is 2.23. The fourth-order valence-electron chi connectivity index (χ4n) is 1.44. The van der Waals surface area contributed by atoms with Crippen LogP contribution in [-0.2, 0) is 4.74 Å². The van der Waals surface area contributed by atoms with Crippen molar-refractivity contribution in [3.8, 4) is 0 Å². The second kappa shape index (κ2) is 7.05. The van der Waals surface area contributed by atoms with Crippen molar-refractivity contribution in [2.24, 2.45) is 5.92 Å². The number of allylic oxidation sites excluding steroid dienone is 1. The van der Waals surface area contributed by atoms with Crippen molar-refractivity contribution < 1.29 is 4.74 Å². The molecule has 14 heavy (non-hydrogen) atoms. The van der Waals surface area contributed by atoms with Gasteiger partial charge < -0.3 is 4.74 Å². The zero-order valence-corrected chi connectivity index (χ0v) is 10.3. The summed E-state index contributed by atoms with van der Waals surface area (Å²) in [6, 6.07) is 0. The maximum Gasteiger partial charge on any atom is 0.0598 e. The summed E-state index contributed by atoms with van der Waals surface area (Å²) < 4.78 is 5.81. The first kappa shape index (κ1) is 13.7.